The summed E-state index contributed by atoms with van der Waals surface area (Å²) in [5.41, 5.74) is 4.23. The van der Waals surface area contributed by atoms with Gasteiger partial charge in [0.25, 0.3) is 0 Å². The molecule has 0 bridgehead atoms. The maximum atomic E-state index is 3.82. The predicted molar refractivity (Wildman–Crippen MR) is 66.5 cm³/mol. The zero-order valence-electron chi connectivity index (χ0n) is 8.83. The van der Waals surface area contributed by atoms with Crippen molar-refractivity contribution in [3.05, 3.63) is 21.2 Å². The molecule has 2 heteroatoms. The molecular formula is C11H16Br2. The second kappa shape index (κ2) is 3.54. The highest BCUT2D eigenvalue weighted by atomic mass is 79.9. The zero-order valence-corrected chi connectivity index (χ0v) is 12.0. The van der Waals surface area contributed by atoms with Gasteiger partial charge in [-0.1, -0.05) is 49.9 Å². The van der Waals surface area contributed by atoms with Crippen LogP contribution < -0.4 is 0 Å². The molecule has 0 fully saturated rings. The van der Waals surface area contributed by atoms with Crippen LogP contribution in [0.25, 0.3) is 0 Å². The Bertz CT molecular complexity index is 295. The molecule has 0 N–H and O–H groups in total. The summed E-state index contributed by atoms with van der Waals surface area (Å²) in [6.45, 7) is 11.1. The molecule has 13 heavy (non-hydrogen) atoms. The highest BCUT2D eigenvalue weighted by molar-refractivity contribution is 9.12. The van der Waals surface area contributed by atoms with Crippen LogP contribution in [0.5, 0.6) is 0 Å². The summed E-state index contributed by atoms with van der Waals surface area (Å²) in [5, 5.41) is 0. The first-order valence-corrected chi connectivity index (χ1v) is 6.12. The molecule has 2 unspecified atom stereocenters. The minimum absolute atomic E-state index is 0.123. The molecule has 0 nitrogen and oxygen atoms in total. The maximum absolute atomic E-state index is 3.82. The second-order valence-electron chi connectivity index (χ2n) is 4.04. The number of halogens is 2. The fourth-order valence-electron chi connectivity index (χ4n) is 1.75. The van der Waals surface area contributed by atoms with Crippen LogP contribution in [0.1, 0.15) is 34.6 Å². The molecule has 0 saturated heterocycles. The molecule has 0 heterocycles. The van der Waals surface area contributed by atoms with Crippen molar-refractivity contribution in [2.45, 2.75) is 38.9 Å². The number of hydrogen-bond donors (Lipinski definition) is 0. The van der Waals surface area contributed by atoms with Crippen LogP contribution in [-0.2, 0) is 0 Å². The number of alkyl halides is 1. The third-order valence-corrected chi connectivity index (χ3v) is 5.94. The lowest BCUT2D eigenvalue weighted by Crippen LogP contribution is -2.32. The Kier molecular flexibility index (Phi) is 3.14. The van der Waals surface area contributed by atoms with Crippen LogP contribution in [0.15, 0.2) is 21.2 Å². The molecule has 1 aliphatic rings. The lowest BCUT2D eigenvalue weighted by atomic mass is 9.78. The lowest BCUT2D eigenvalue weighted by Gasteiger charge is -2.37. The lowest BCUT2D eigenvalue weighted by molar-refractivity contribution is 0.545. The summed E-state index contributed by atoms with van der Waals surface area (Å²) in [5.74, 6) is 0.547. The minimum Gasteiger partial charge on any atom is -0.0801 e. The van der Waals surface area contributed by atoms with E-state index in [1.807, 2.05) is 0 Å². The highest BCUT2D eigenvalue weighted by Gasteiger charge is 2.36. The maximum Gasteiger partial charge on any atom is 0.0503 e. The van der Waals surface area contributed by atoms with Gasteiger partial charge in [0.2, 0.25) is 0 Å². The van der Waals surface area contributed by atoms with Gasteiger partial charge in [0.15, 0.2) is 0 Å². The Hall–Kier alpha value is 0.440. The molecule has 0 amide bonds. The smallest absolute Gasteiger partial charge is 0.0503 e. The van der Waals surface area contributed by atoms with E-state index in [1.165, 1.54) is 21.2 Å². The third-order valence-electron chi connectivity index (χ3n) is 3.43. The van der Waals surface area contributed by atoms with Crippen molar-refractivity contribution < 1.29 is 0 Å². The molecule has 0 aromatic heterocycles. The van der Waals surface area contributed by atoms with E-state index in [1.54, 1.807) is 0 Å². The molecule has 0 aliphatic heterocycles. The average molecular weight is 308 g/mol. The van der Waals surface area contributed by atoms with E-state index in [4.69, 9.17) is 0 Å². The van der Waals surface area contributed by atoms with Gasteiger partial charge >= 0.3 is 0 Å². The van der Waals surface area contributed by atoms with E-state index in [-0.39, 0.29) is 4.32 Å². The standard InChI is InChI=1S/C11H16Br2/c1-6-8(3)11(5,13)9(4)7(2)10(6)12/h8H,1-5H3. The molecule has 74 valence electrons. The Morgan fingerprint density at radius 3 is 2.15 bits per heavy atom. The van der Waals surface area contributed by atoms with Crippen LogP contribution in [0.2, 0.25) is 0 Å². The quantitative estimate of drug-likeness (QED) is 0.564. The molecule has 0 aromatic carbocycles. The van der Waals surface area contributed by atoms with Crippen LogP contribution in [0.3, 0.4) is 0 Å². The van der Waals surface area contributed by atoms with Crippen LogP contribution >= 0.6 is 31.9 Å². The van der Waals surface area contributed by atoms with Gasteiger partial charge in [-0.25, -0.2) is 0 Å². The fraction of sp³-hybridized carbons (Fsp3) is 0.636. The first kappa shape index (κ1) is 11.5. The monoisotopic (exact) mass is 306 g/mol. The van der Waals surface area contributed by atoms with Crippen molar-refractivity contribution in [3.8, 4) is 0 Å². The Morgan fingerprint density at radius 2 is 1.69 bits per heavy atom. The topological polar surface area (TPSA) is 0 Å². The summed E-state index contributed by atoms with van der Waals surface area (Å²) >= 11 is 7.47. The van der Waals surface area contributed by atoms with E-state index in [2.05, 4.69) is 66.5 Å². The first-order chi connectivity index (χ1) is 5.80. The van der Waals surface area contributed by atoms with Crippen LogP contribution in [0, 0.1) is 5.92 Å². The molecule has 0 saturated carbocycles. The predicted octanol–water partition coefficient (Wildman–Crippen LogP) is 4.80. The van der Waals surface area contributed by atoms with E-state index in [9.17, 15) is 0 Å². The molecule has 1 rings (SSSR count). The third kappa shape index (κ3) is 1.68. The van der Waals surface area contributed by atoms with Gasteiger partial charge in [-0.05, 0) is 39.2 Å². The van der Waals surface area contributed by atoms with E-state index in [0.717, 1.165) is 0 Å². The number of rotatable bonds is 0. The molecule has 0 aromatic rings. The van der Waals surface area contributed by atoms with Gasteiger partial charge in [-0.3, -0.25) is 0 Å². The SMILES string of the molecule is CC1=C(C)C(C)(Br)C(C)C(C)=C1Br. The molecular weight excluding hydrogens is 292 g/mol. The fourth-order valence-corrected chi connectivity index (χ4v) is 3.03. The summed E-state index contributed by atoms with van der Waals surface area (Å²) in [4.78, 5) is 0. The van der Waals surface area contributed by atoms with Crippen molar-refractivity contribution in [1.29, 1.82) is 0 Å². The van der Waals surface area contributed by atoms with E-state index < -0.39 is 0 Å². The van der Waals surface area contributed by atoms with E-state index in [0.29, 0.717) is 5.92 Å². The van der Waals surface area contributed by atoms with Gasteiger partial charge < -0.3 is 0 Å². The largest absolute Gasteiger partial charge is 0.0801 e. The van der Waals surface area contributed by atoms with Crippen LogP contribution in [-0.4, -0.2) is 4.32 Å². The normalized spacial score (nSPS) is 35.8. The van der Waals surface area contributed by atoms with E-state index >= 15 is 0 Å². The summed E-state index contributed by atoms with van der Waals surface area (Å²) < 4.78 is 1.41. The van der Waals surface area contributed by atoms with Crippen molar-refractivity contribution in [3.63, 3.8) is 0 Å². The first-order valence-electron chi connectivity index (χ1n) is 4.53. The van der Waals surface area contributed by atoms with Crippen molar-refractivity contribution in [2.24, 2.45) is 5.92 Å². The van der Waals surface area contributed by atoms with Gasteiger partial charge in [0, 0.05) is 4.48 Å². The number of hydrogen-bond acceptors (Lipinski definition) is 0. The average Bonchev–Trinajstić information content (AvgIpc) is 2.09. The summed E-state index contributed by atoms with van der Waals surface area (Å²) in [7, 11) is 0. The molecule has 2 atom stereocenters. The zero-order chi connectivity index (χ0) is 10.4. The minimum atomic E-state index is 0.123. The van der Waals surface area contributed by atoms with Gasteiger partial charge in [0.05, 0.1) is 4.32 Å². The van der Waals surface area contributed by atoms with Gasteiger partial charge in [-0.15, -0.1) is 0 Å². The Balaban J connectivity index is 3.32. The Morgan fingerprint density at radius 1 is 1.23 bits per heavy atom. The highest BCUT2D eigenvalue weighted by Crippen LogP contribution is 2.47. The van der Waals surface area contributed by atoms with Crippen molar-refractivity contribution in [2.75, 3.05) is 0 Å². The molecule has 1 aliphatic carbocycles. The summed E-state index contributed by atoms with van der Waals surface area (Å²) in [6, 6.07) is 0. The van der Waals surface area contributed by atoms with Crippen molar-refractivity contribution in [1.82, 2.24) is 0 Å². The van der Waals surface area contributed by atoms with Gasteiger partial charge in [-0.2, -0.15) is 0 Å². The molecule has 0 spiro atoms. The number of allylic oxidation sites excluding steroid dienone is 4. The van der Waals surface area contributed by atoms with Gasteiger partial charge in [0.1, 0.15) is 0 Å². The van der Waals surface area contributed by atoms with Crippen molar-refractivity contribution >= 4 is 31.9 Å². The van der Waals surface area contributed by atoms with Crippen LogP contribution in [0.4, 0.5) is 0 Å². The summed E-state index contributed by atoms with van der Waals surface area (Å²) in [6.07, 6.45) is 0. The second-order valence-corrected chi connectivity index (χ2v) is 6.48. The molecule has 0 radical (unpaired) electrons. The Labute approximate surface area is 97.7 Å².